The van der Waals surface area contributed by atoms with Gasteiger partial charge in [0.2, 0.25) is 0 Å². The van der Waals surface area contributed by atoms with Crippen molar-refractivity contribution in [1.29, 1.82) is 0 Å². The summed E-state index contributed by atoms with van der Waals surface area (Å²) in [7, 11) is 1.51. The molecule has 0 spiro atoms. The van der Waals surface area contributed by atoms with Crippen LogP contribution >= 0.6 is 11.6 Å². The first kappa shape index (κ1) is 29.4. The highest BCUT2D eigenvalue weighted by Gasteiger charge is 2.44. The largest absolute Gasteiger partial charge is 0.496 e. The summed E-state index contributed by atoms with van der Waals surface area (Å²) in [6, 6.07) is 13.1. The molecule has 0 saturated heterocycles. The normalized spacial score (nSPS) is 13.7. The van der Waals surface area contributed by atoms with Gasteiger partial charge in [0.15, 0.2) is 0 Å². The average molecular weight is 623 g/mol. The van der Waals surface area contributed by atoms with E-state index < -0.39 is 29.7 Å². The molecule has 1 aliphatic carbocycles. The van der Waals surface area contributed by atoms with Crippen molar-refractivity contribution in [3.63, 3.8) is 0 Å². The van der Waals surface area contributed by atoms with Crippen LogP contribution in [0.5, 0.6) is 11.8 Å². The quantitative estimate of drug-likeness (QED) is 0.168. The maximum atomic E-state index is 15.5. The van der Waals surface area contributed by atoms with Crippen molar-refractivity contribution in [3.8, 4) is 23.0 Å². The Morgan fingerprint density at radius 2 is 1.86 bits per heavy atom. The van der Waals surface area contributed by atoms with Gasteiger partial charge in [0.1, 0.15) is 29.8 Å². The number of imidazole rings is 1. The van der Waals surface area contributed by atoms with Gasteiger partial charge >= 0.3 is 12.0 Å². The Kier molecular flexibility index (Phi) is 7.89. The number of nitrogens with zero attached hydrogens (tertiary/aromatic N) is 4. The third-order valence-electron chi connectivity index (χ3n) is 7.81. The maximum Gasteiger partial charge on any atom is 0.335 e. The molecule has 0 unspecified atom stereocenters. The fourth-order valence-electron chi connectivity index (χ4n) is 5.09. The van der Waals surface area contributed by atoms with Gasteiger partial charge in [-0.2, -0.15) is 4.98 Å². The van der Waals surface area contributed by atoms with E-state index >= 15 is 8.78 Å². The number of rotatable bonds is 11. The van der Waals surface area contributed by atoms with Gasteiger partial charge in [-0.25, -0.2) is 23.5 Å². The minimum Gasteiger partial charge on any atom is -0.496 e. The number of ether oxygens (including phenoxy) is 2. The Bertz CT molecular complexity index is 1890. The molecule has 1 aliphatic rings. The lowest BCUT2D eigenvalue weighted by molar-refractivity contribution is 0.0697. The van der Waals surface area contributed by atoms with Gasteiger partial charge in [-0.3, -0.25) is 4.39 Å². The molecule has 8 nitrogen and oxygen atoms in total. The third kappa shape index (κ3) is 5.92. The molecule has 0 atom stereocenters. The second kappa shape index (κ2) is 11.8. The van der Waals surface area contributed by atoms with Crippen LogP contribution in [0.3, 0.4) is 0 Å². The predicted octanol–water partition coefficient (Wildman–Crippen LogP) is 7.05. The van der Waals surface area contributed by atoms with E-state index in [2.05, 4.69) is 15.0 Å². The molecule has 5 aromatic rings. The van der Waals surface area contributed by atoms with Crippen LogP contribution in [0, 0.1) is 17.0 Å². The first-order chi connectivity index (χ1) is 21.2. The number of halogens is 4. The Balaban J connectivity index is 1.28. The molecular formula is C32H26ClF3N4O4. The zero-order valence-corrected chi connectivity index (χ0v) is 24.2. The second-order valence-corrected chi connectivity index (χ2v) is 11.3. The summed E-state index contributed by atoms with van der Waals surface area (Å²) >= 11 is 6.01. The molecule has 1 saturated carbocycles. The molecule has 1 fully saturated rings. The zero-order valence-electron chi connectivity index (χ0n) is 23.5. The highest BCUT2D eigenvalue weighted by molar-refractivity contribution is 6.30. The van der Waals surface area contributed by atoms with E-state index in [9.17, 15) is 14.3 Å². The highest BCUT2D eigenvalue weighted by Crippen LogP contribution is 2.48. The number of fused-ring (bicyclic) bond motifs is 1. The number of aromatic nitrogens is 4. The van der Waals surface area contributed by atoms with Crippen molar-refractivity contribution in [2.24, 2.45) is 5.41 Å². The highest BCUT2D eigenvalue weighted by atomic mass is 35.5. The molecule has 44 heavy (non-hydrogen) atoms. The summed E-state index contributed by atoms with van der Waals surface area (Å²) in [5.74, 6) is -1.62. The summed E-state index contributed by atoms with van der Waals surface area (Å²) in [5.41, 5.74) is 1.23. The fourth-order valence-corrected chi connectivity index (χ4v) is 5.26. The van der Waals surface area contributed by atoms with Crippen LogP contribution in [-0.4, -0.2) is 44.4 Å². The maximum absolute atomic E-state index is 15.5. The number of methoxy groups -OCH3 is 1. The van der Waals surface area contributed by atoms with Crippen LogP contribution in [0.15, 0.2) is 60.8 Å². The zero-order chi connectivity index (χ0) is 31.0. The lowest BCUT2D eigenvalue weighted by atomic mass is 10.0. The topological polar surface area (TPSA) is 99.4 Å². The molecule has 3 aromatic carbocycles. The van der Waals surface area contributed by atoms with Gasteiger partial charge in [0.05, 0.1) is 36.1 Å². The summed E-state index contributed by atoms with van der Waals surface area (Å²) < 4.78 is 57.6. The Morgan fingerprint density at radius 1 is 1.05 bits per heavy atom. The van der Waals surface area contributed by atoms with Gasteiger partial charge in [-0.05, 0) is 66.9 Å². The molecule has 2 heterocycles. The number of hydrogen-bond acceptors (Lipinski definition) is 6. The number of carbonyl (C=O) groups is 1. The smallest absolute Gasteiger partial charge is 0.335 e. The van der Waals surface area contributed by atoms with E-state index in [0.717, 1.165) is 12.1 Å². The molecule has 0 aliphatic heterocycles. The number of alkyl halides is 1. The summed E-state index contributed by atoms with van der Waals surface area (Å²) in [4.78, 5) is 24.5. The van der Waals surface area contributed by atoms with Gasteiger partial charge in [0.25, 0.3) is 0 Å². The molecule has 226 valence electrons. The standard InChI is InChI=1S/C32H26ClF3N4O4/c1-43-28-13-21(33)4-2-19(28)15-44-31-37-9-6-25(39-31)22-14-23(35)20(10-24(22)36)12-29-38-26-5-3-18(30(41)42)11-27(26)40(29)17-32(16-34)7-8-32/h2-6,9-11,13-14H,7-8,12,15-17H2,1H3,(H,41,42). The van der Waals surface area contributed by atoms with Crippen molar-refractivity contribution in [2.45, 2.75) is 32.4 Å². The summed E-state index contributed by atoms with van der Waals surface area (Å²) in [6.45, 7) is -0.231. The Morgan fingerprint density at radius 3 is 2.59 bits per heavy atom. The van der Waals surface area contributed by atoms with E-state index in [1.807, 2.05) is 0 Å². The van der Waals surface area contributed by atoms with Crippen molar-refractivity contribution in [3.05, 3.63) is 100.0 Å². The first-order valence-electron chi connectivity index (χ1n) is 13.7. The van der Waals surface area contributed by atoms with Gasteiger partial charge in [0, 0.05) is 40.7 Å². The SMILES string of the molecule is COc1cc(Cl)ccc1COc1nccc(-c2cc(F)c(Cc3nc4ccc(C(=O)O)cc4n3CC3(CF)CC3)cc2F)n1. The number of carboxylic acids is 1. The number of hydrogen-bond donors (Lipinski definition) is 1. The van der Waals surface area contributed by atoms with Crippen molar-refractivity contribution in [2.75, 3.05) is 13.8 Å². The molecule has 1 N–H and O–H groups in total. The minimum atomic E-state index is -1.11. The lowest BCUT2D eigenvalue weighted by Crippen LogP contribution is -2.16. The average Bonchev–Trinajstić information content (AvgIpc) is 3.72. The number of carboxylic acid groups (broad SMARTS) is 1. The first-order valence-corrected chi connectivity index (χ1v) is 14.1. The third-order valence-corrected chi connectivity index (χ3v) is 8.04. The van der Waals surface area contributed by atoms with Crippen LogP contribution in [0.1, 0.15) is 40.2 Å². The number of aromatic carboxylic acids is 1. The predicted molar refractivity (Wildman–Crippen MR) is 157 cm³/mol. The van der Waals surface area contributed by atoms with Crippen molar-refractivity contribution in [1.82, 2.24) is 19.5 Å². The van der Waals surface area contributed by atoms with Crippen molar-refractivity contribution < 1.29 is 32.5 Å². The van der Waals surface area contributed by atoms with E-state index in [1.54, 1.807) is 28.8 Å². The van der Waals surface area contributed by atoms with Crippen LogP contribution < -0.4 is 9.47 Å². The molecular weight excluding hydrogens is 597 g/mol. The summed E-state index contributed by atoms with van der Waals surface area (Å²) in [5, 5.41) is 9.98. The molecule has 0 radical (unpaired) electrons. The van der Waals surface area contributed by atoms with Gasteiger partial charge < -0.3 is 19.1 Å². The number of benzene rings is 3. The second-order valence-electron chi connectivity index (χ2n) is 10.8. The van der Waals surface area contributed by atoms with Gasteiger partial charge in [-0.1, -0.05) is 17.7 Å². The monoisotopic (exact) mass is 622 g/mol. The van der Waals surface area contributed by atoms with Crippen molar-refractivity contribution >= 4 is 28.6 Å². The fraction of sp³-hybridized carbons (Fsp3) is 0.250. The van der Waals surface area contributed by atoms with E-state index in [4.69, 9.17) is 21.1 Å². The lowest BCUT2D eigenvalue weighted by Gasteiger charge is -2.16. The van der Waals surface area contributed by atoms with Gasteiger partial charge in [-0.15, -0.1) is 0 Å². The van der Waals surface area contributed by atoms with E-state index in [1.165, 1.54) is 31.5 Å². The molecule has 6 rings (SSSR count). The minimum absolute atomic E-state index is 0.0340. The molecule has 12 heteroatoms. The summed E-state index contributed by atoms with van der Waals surface area (Å²) in [6.07, 6.45) is 2.64. The van der Waals surface area contributed by atoms with Crippen LogP contribution in [0.25, 0.3) is 22.3 Å². The molecule has 2 aromatic heterocycles. The van der Waals surface area contributed by atoms with Crippen LogP contribution in [0.2, 0.25) is 5.02 Å². The van der Waals surface area contributed by atoms with Crippen LogP contribution in [0.4, 0.5) is 13.2 Å². The molecule has 0 amide bonds. The van der Waals surface area contributed by atoms with Crippen LogP contribution in [-0.2, 0) is 19.6 Å². The Labute approximate surface area is 255 Å². The van der Waals surface area contributed by atoms with E-state index in [-0.39, 0.29) is 48.0 Å². The molecule has 0 bridgehead atoms. The van der Waals surface area contributed by atoms with E-state index in [0.29, 0.717) is 46.0 Å². The Hall–Kier alpha value is -4.64.